The van der Waals surface area contributed by atoms with Gasteiger partial charge in [0.25, 0.3) is 0 Å². The van der Waals surface area contributed by atoms with Crippen LogP contribution in [0.4, 0.5) is 0 Å². The molecular formula is C25H24N4O2. The molecule has 6 heteroatoms. The lowest BCUT2D eigenvalue weighted by Gasteiger charge is -2.11. The van der Waals surface area contributed by atoms with Crippen LogP contribution < -0.4 is 9.47 Å². The smallest absolute Gasteiger partial charge is 0.164 e. The first-order chi connectivity index (χ1) is 15.1. The standard InChI is InChI=1S/C25H24N4O2/c1-15(2)10-11-31-16-8-9-17(24(12-16)30-3)25-28-22-13-20-21(14-23(22)29-25)27-19-7-5-4-6-18(19)26-20/h4-9,12-15,26H,10-11H2,1-3H3. The van der Waals surface area contributed by atoms with Crippen LogP contribution in [0, 0.1) is 5.92 Å². The number of rotatable bonds is 6. The molecule has 1 N–H and O–H groups in total. The number of ether oxygens (including phenoxy) is 2. The molecule has 0 fully saturated rings. The molecule has 0 amide bonds. The summed E-state index contributed by atoms with van der Waals surface area (Å²) in [7, 11) is 1.65. The molecule has 156 valence electrons. The lowest BCUT2D eigenvalue weighted by Crippen LogP contribution is -2.01. The molecule has 0 radical (unpaired) electrons. The Morgan fingerprint density at radius 1 is 0.839 bits per heavy atom. The summed E-state index contributed by atoms with van der Waals surface area (Å²) in [6.07, 6.45) is 1.01. The van der Waals surface area contributed by atoms with Crippen molar-refractivity contribution < 1.29 is 9.47 Å². The molecule has 31 heavy (non-hydrogen) atoms. The SMILES string of the molecule is COc1cc(OCCC(C)C)ccc1-c1nc2cc3nc4ccccc4[nH]c3cc2n1. The monoisotopic (exact) mass is 412 g/mol. The normalized spacial score (nSPS) is 11.6. The fraction of sp³-hybridized carbons (Fsp3) is 0.240. The zero-order valence-corrected chi connectivity index (χ0v) is 17.8. The fourth-order valence-electron chi connectivity index (χ4n) is 3.62. The van der Waals surface area contributed by atoms with Crippen LogP contribution in [0.15, 0.2) is 54.6 Å². The summed E-state index contributed by atoms with van der Waals surface area (Å²) in [5.41, 5.74) is 6.15. The summed E-state index contributed by atoms with van der Waals surface area (Å²) in [5, 5.41) is 0. The van der Waals surface area contributed by atoms with E-state index in [1.54, 1.807) is 7.11 Å². The molecule has 0 bridgehead atoms. The van der Waals surface area contributed by atoms with Gasteiger partial charge in [-0.2, -0.15) is 0 Å². The van der Waals surface area contributed by atoms with Gasteiger partial charge in [0.05, 0.1) is 52.4 Å². The van der Waals surface area contributed by atoms with Crippen molar-refractivity contribution in [2.45, 2.75) is 20.3 Å². The molecule has 0 aliphatic carbocycles. The molecule has 6 nitrogen and oxygen atoms in total. The highest BCUT2D eigenvalue weighted by molar-refractivity contribution is 5.95. The van der Waals surface area contributed by atoms with E-state index in [4.69, 9.17) is 24.4 Å². The molecule has 5 aromatic rings. The first-order valence-electron chi connectivity index (χ1n) is 10.5. The van der Waals surface area contributed by atoms with E-state index in [0.717, 1.165) is 50.8 Å². The molecule has 0 unspecified atom stereocenters. The summed E-state index contributed by atoms with van der Waals surface area (Å²) in [5.74, 6) is 2.71. The molecular weight excluding hydrogens is 388 g/mol. The van der Waals surface area contributed by atoms with Crippen molar-refractivity contribution in [3.63, 3.8) is 0 Å². The second-order valence-corrected chi connectivity index (χ2v) is 8.05. The first kappa shape index (κ1) is 19.3. The number of nitrogens with one attached hydrogen (secondary N) is 1. The highest BCUT2D eigenvalue weighted by Crippen LogP contribution is 2.33. The topological polar surface area (TPSA) is 72.9 Å². The Kier molecular flexibility index (Phi) is 4.90. The molecule has 2 aromatic heterocycles. The number of hydrogen-bond acceptors (Lipinski definition) is 5. The van der Waals surface area contributed by atoms with E-state index in [1.807, 2.05) is 54.6 Å². The van der Waals surface area contributed by atoms with Gasteiger partial charge in [-0.3, -0.25) is 0 Å². The second kappa shape index (κ2) is 7.87. The predicted molar refractivity (Wildman–Crippen MR) is 124 cm³/mol. The highest BCUT2D eigenvalue weighted by Gasteiger charge is 2.14. The maximum atomic E-state index is 5.87. The second-order valence-electron chi connectivity index (χ2n) is 8.05. The van der Waals surface area contributed by atoms with E-state index < -0.39 is 0 Å². The molecule has 0 atom stereocenters. The Bertz CT molecular complexity index is 1320. The van der Waals surface area contributed by atoms with Crippen LogP contribution in [0.1, 0.15) is 20.3 Å². The fourth-order valence-corrected chi connectivity index (χ4v) is 3.62. The number of para-hydroxylation sites is 2. The zero-order valence-electron chi connectivity index (χ0n) is 17.8. The summed E-state index contributed by atoms with van der Waals surface area (Å²) >= 11 is 0. The Morgan fingerprint density at radius 3 is 2.45 bits per heavy atom. The van der Waals surface area contributed by atoms with Gasteiger partial charge >= 0.3 is 0 Å². The third-order valence-electron chi connectivity index (χ3n) is 5.34. The van der Waals surface area contributed by atoms with Crippen LogP contribution in [0.3, 0.4) is 0 Å². The maximum Gasteiger partial charge on any atom is 0.164 e. The summed E-state index contributed by atoms with van der Waals surface area (Å²) in [6, 6.07) is 17.8. The lowest BCUT2D eigenvalue weighted by molar-refractivity contribution is 0.288. The number of aromatic nitrogens is 4. The first-order valence-corrected chi connectivity index (χ1v) is 10.5. The number of nitrogens with zero attached hydrogens (tertiary/aromatic N) is 3. The number of methoxy groups -OCH3 is 1. The van der Waals surface area contributed by atoms with E-state index in [2.05, 4.69) is 18.8 Å². The number of benzene rings is 3. The molecule has 0 saturated carbocycles. The van der Waals surface area contributed by atoms with E-state index in [-0.39, 0.29) is 0 Å². The van der Waals surface area contributed by atoms with Crippen LogP contribution in [-0.4, -0.2) is 33.7 Å². The Morgan fingerprint density at radius 2 is 1.65 bits per heavy atom. The van der Waals surface area contributed by atoms with Gasteiger partial charge in [-0.25, -0.2) is 15.0 Å². The number of aromatic amines is 1. The third-order valence-corrected chi connectivity index (χ3v) is 5.34. The number of H-pyrrole nitrogens is 1. The highest BCUT2D eigenvalue weighted by atomic mass is 16.5. The Labute approximate surface area is 180 Å². The van der Waals surface area contributed by atoms with Gasteiger partial charge < -0.3 is 14.5 Å². The van der Waals surface area contributed by atoms with E-state index >= 15 is 0 Å². The van der Waals surface area contributed by atoms with Crippen molar-refractivity contribution in [1.29, 1.82) is 0 Å². The van der Waals surface area contributed by atoms with Gasteiger partial charge in [-0.05, 0) is 48.7 Å². The van der Waals surface area contributed by atoms with E-state index in [1.165, 1.54) is 0 Å². The maximum absolute atomic E-state index is 5.87. The minimum Gasteiger partial charge on any atom is -0.496 e. The van der Waals surface area contributed by atoms with Gasteiger partial charge in [0, 0.05) is 6.07 Å². The van der Waals surface area contributed by atoms with Crippen LogP contribution >= 0.6 is 0 Å². The van der Waals surface area contributed by atoms with Crippen LogP contribution in [-0.2, 0) is 0 Å². The third kappa shape index (κ3) is 3.77. The van der Waals surface area contributed by atoms with Gasteiger partial charge in [0.2, 0.25) is 0 Å². The Balaban J connectivity index is 1.53. The van der Waals surface area contributed by atoms with Crippen LogP contribution in [0.25, 0.3) is 44.5 Å². The van der Waals surface area contributed by atoms with Crippen LogP contribution in [0.5, 0.6) is 11.5 Å². The van der Waals surface area contributed by atoms with E-state index in [9.17, 15) is 0 Å². The van der Waals surface area contributed by atoms with Crippen LogP contribution in [0.2, 0.25) is 0 Å². The minimum absolute atomic E-state index is 0.603. The molecule has 2 heterocycles. The van der Waals surface area contributed by atoms with Crippen molar-refractivity contribution in [1.82, 2.24) is 19.9 Å². The van der Waals surface area contributed by atoms with Gasteiger partial charge in [-0.1, -0.05) is 26.0 Å². The van der Waals surface area contributed by atoms with Crippen molar-refractivity contribution in [3.8, 4) is 22.9 Å². The molecule has 3 aromatic carbocycles. The Hall–Kier alpha value is -3.67. The summed E-state index contributed by atoms with van der Waals surface area (Å²) in [4.78, 5) is 17.7. The number of hydrogen-bond donors (Lipinski definition) is 1. The molecule has 0 spiro atoms. The van der Waals surface area contributed by atoms with Crippen molar-refractivity contribution in [3.05, 3.63) is 54.6 Å². The predicted octanol–water partition coefficient (Wildman–Crippen LogP) is 5.76. The van der Waals surface area contributed by atoms with Gasteiger partial charge in [-0.15, -0.1) is 0 Å². The largest absolute Gasteiger partial charge is 0.496 e. The van der Waals surface area contributed by atoms with Crippen molar-refractivity contribution in [2.75, 3.05) is 13.7 Å². The molecule has 0 saturated heterocycles. The van der Waals surface area contributed by atoms with Gasteiger partial charge in [0.1, 0.15) is 11.5 Å². The average Bonchev–Trinajstić information content (AvgIpc) is 3.18. The molecule has 0 aliphatic rings. The van der Waals surface area contributed by atoms with Crippen molar-refractivity contribution >= 4 is 33.1 Å². The lowest BCUT2D eigenvalue weighted by atomic mass is 10.1. The van der Waals surface area contributed by atoms with Crippen molar-refractivity contribution in [2.24, 2.45) is 5.92 Å². The average molecular weight is 412 g/mol. The molecule has 5 rings (SSSR count). The summed E-state index contributed by atoms with van der Waals surface area (Å²) < 4.78 is 11.5. The zero-order chi connectivity index (χ0) is 21.4. The number of fused-ring (bicyclic) bond motifs is 3. The summed E-state index contributed by atoms with van der Waals surface area (Å²) in [6.45, 7) is 5.05. The number of imidazole rings is 1. The molecule has 0 aliphatic heterocycles. The minimum atomic E-state index is 0.603. The van der Waals surface area contributed by atoms with Gasteiger partial charge in [0.15, 0.2) is 5.82 Å². The van der Waals surface area contributed by atoms with E-state index in [0.29, 0.717) is 24.1 Å². The quantitative estimate of drug-likeness (QED) is 0.359.